The van der Waals surface area contributed by atoms with Gasteiger partial charge in [0.05, 0.1) is 0 Å². The van der Waals surface area contributed by atoms with Gasteiger partial charge < -0.3 is 10.2 Å². The molecule has 1 aromatic carbocycles. The maximum atomic E-state index is 3.42. The fourth-order valence-electron chi connectivity index (χ4n) is 3.37. The highest BCUT2D eigenvalue weighted by atomic mass is 15.2. The van der Waals surface area contributed by atoms with Crippen LogP contribution >= 0.6 is 0 Å². The molecule has 1 aromatic rings. The second-order valence-electron chi connectivity index (χ2n) is 6.62. The zero-order valence-electron chi connectivity index (χ0n) is 14.3. The Labute approximate surface area is 130 Å². The Morgan fingerprint density at radius 2 is 1.57 bits per heavy atom. The van der Waals surface area contributed by atoms with Gasteiger partial charge in [-0.3, -0.25) is 4.90 Å². The third-order valence-electron chi connectivity index (χ3n) is 5.18. The minimum absolute atomic E-state index is 0.484. The average molecular weight is 289 g/mol. The van der Waals surface area contributed by atoms with Gasteiger partial charge in [0, 0.05) is 37.9 Å². The highest BCUT2D eigenvalue weighted by molar-refractivity contribution is 5.46. The first kappa shape index (κ1) is 16.3. The Hall–Kier alpha value is -1.06. The highest BCUT2D eigenvalue weighted by Gasteiger charge is 2.26. The molecule has 118 valence electrons. The molecule has 1 atom stereocenters. The van der Waals surface area contributed by atoms with Crippen molar-refractivity contribution in [2.75, 3.05) is 33.1 Å². The van der Waals surface area contributed by atoms with Crippen LogP contribution in [0, 0.1) is 0 Å². The average Bonchev–Trinajstić information content (AvgIpc) is 2.53. The summed E-state index contributed by atoms with van der Waals surface area (Å²) in [6, 6.07) is 10.9. The molecule has 1 unspecified atom stereocenters. The summed E-state index contributed by atoms with van der Waals surface area (Å²) in [5.41, 5.74) is 2.68. The van der Waals surface area contributed by atoms with Crippen LogP contribution in [-0.4, -0.2) is 45.2 Å². The molecule has 1 N–H and O–H groups in total. The third-order valence-corrected chi connectivity index (χ3v) is 5.18. The zero-order chi connectivity index (χ0) is 15.4. The Balaban J connectivity index is 1.97. The van der Waals surface area contributed by atoms with Gasteiger partial charge in [0.25, 0.3) is 0 Å². The monoisotopic (exact) mass is 289 g/mol. The molecule has 0 saturated heterocycles. The number of hydrogen-bond donors (Lipinski definition) is 1. The standard InChI is InChI=1S/C18H31N3/c1-14(15-6-10-17(11-7-15)20(3)4)21(5)18-12-8-16(19-2)9-13-18/h6-7,10-11,14,16,18-19H,8-9,12-13H2,1-5H3. The van der Waals surface area contributed by atoms with Crippen LogP contribution in [0.3, 0.4) is 0 Å². The van der Waals surface area contributed by atoms with Crippen LogP contribution in [-0.2, 0) is 0 Å². The van der Waals surface area contributed by atoms with Crippen molar-refractivity contribution in [1.29, 1.82) is 0 Å². The first-order valence-electron chi connectivity index (χ1n) is 8.19. The summed E-state index contributed by atoms with van der Waals surface area (Å²) >= 11 is 0. The molecule has 1 fully saturated rings. The molecule has 0 amide bonds. The number of anilines is 1. The van der Waals surface area contributed by atoms with Gasteiger partial charge in [-0.1, -0.05) is 12.1 Å². The van der Waals surface area contributed by atoms with Crippen LogP contribution in [0.1, 0.15) is 44.2 Å². The Kier molecular flexibility index (Phi) is 5.65. The summed E-state index contributed by atoms with van der Waals surface area (Å²) in [4.78, 5) is 4.72. The second kappa shape index (κ2) is 7.28. The van der Waals surface area contributed by atoms with Crippen molar-refractivity contribution in [2.24, 2.45) is 0 Å². The van der Waals surface area contributed by atoms with Crippen LogP contribution in [0.15, 0.2) is 24.3 Å². The molecular weight excluding hydrogens is 258 g/mol. The summed E-state index contributed by atoms with van der Waals surface area (Å²) in [6.07, 6.45) is 5.22. The number of benzene rings is 1. The number of rotatable bonds is 5. The molecule has 21 heavy (non-hydrogen) atoms. The van der Waals surface area contributed by atoms with E-state index in [1.807, 2.05) is 0 Å². The number of nitrogens with zero attached hydrogens (tertiary/aromatic N) is 2. The first-order valence-corrected chi connectivity index (χ1v) is 8.19. The number of hydrogen-bond acceptors (Lipinski definition) is 3. The molecule has 2 rings (SSSR count). The molecule has 0 radical (unpaired) electrons. The van der Waals surface area contributed by atoms with Crippen LogP contribution < -0.4 is 10.2 Å². The molecule has 1 aliphatic rings. The summed E-state index contributed by atoms with van der Waals surface area (Å²) in [5, 5.41) is 3.42. The van der Waals surface area contributed by atoms with Crippen molar-refractivity contribution in [3.05, 3.63) is 29.8 Å². The van der Waals surface area contributed by atoms with Gasteiger partial charge in [0.1, 0.15) is 0 Å². The molecule has 0 spiro atoms. The Morgan fingerprint density at radius 1 is 1.00 bits per heavy atom. The van der Waals surface area contributed by atoms with E-state index in [1.54, 1.807) is 0 Å². The summed E-state index contributed by atoms with van der Waals surface area (Å²) in [6.45, 7) is 2.33. The molecule has 1 saturated carbocycles. The predicted octanol–water partition coefficient (Wildman–Crippen LogP) is 3.28. The molecule has 3 heteroatoms. The number of nitrogens with one attached hydrogen (secondary N) is 1. The minimum Gasteiger partial charge on any atom is -0.378 e. The largest absolute Gasteiger partial charge is 0.378 e. The van der Waals surface area contributed by atoms with Gasteiger partial charge in [-0.05, 0) is 64.4 Å². The van der Waals surface area contributed by atoms with Crippen molar-refractivity contribution >= 4 is 5.69 Å². The Morgan fingerprint density at radius 3 is 2.05 bits per heavy atom. The molecule has 3 nitrogen and oxygen atoms in total. The maximum Gasteiger partial charge on any atom is 0.0361 e. The van der Waals surface area contributed by atoms with Crippen LogP contribution in [0.25, 0.3) is 0 Å². The van der Waals surface area contributed by atoms with Gasteiger partial charge in [-0.15, -0.1) is 0 Å². The molecule has 0 bridgehead atoms. The SMILES string of the molecule is CNC1CCC(N(C)C(C)c2ccc(N(C)C)cc2)CC1. The first-order chi connectivity index (χ1) is 10.0. The lowest BCUT2D eigenvalue weighted by molar-refractivity contribution is 0.136. The van der Waals surface area contributed by atoms with Crippen molar-refractivity contribution in [1.82, 2.24) is 10.2 Å². The van der Waals surface area contributed by atoms with E-state index < -0.39 is 0 Å². The molecular formula is C18H31N3. The second-order valence-corrected chi connectivity index (χ2v) is 6.62. The van der Waals surface area contributed by atoms with Gasteiger partial charge >= 0.3 is 0 Å². The van der Waals surface area contributed by atoms with Crippen LogP contribution in [0.2, 0.25) is 0 Å². The minimum atomic E-state index is 0.484. The quantitative estimate of drug-likeness (QED) is 0.897. The van der Waals surface area contributed by atoms with Crippen molar-refractivity contribution in [2.45, 2.75) is 50.7 Å². The molecule has 0 heterocycles. The summed E-state index contributed by atoms with van der Waals surface area (Å²) in [5.74, 6) is 0. The van der Waals surface area contributed by atoms with Gasteiger partial charge in [-0.2, -0.15) is 0 Å². The van der Waals surface area contributed by atoms with E-state index in [4.69, 9.17) is 0 Å². The lowest BCUT2D eigenvalue weighted by Gasteiger charge is -2.38. The third kappa shape index (κ3) is 3.98. The van der Waals surface area contributed by atoms with Crippen molar-refractivity contribution in [3.63, 3.8) is 0 Å². The smallest absolute Gasteiger partial charge is 0.0361 e. The van der Waals surface area contributed by atoms with Gasteiger partial charge in [-0.25, -0.2) is 0 Å². The lowest BCUT2D eigenvalue weighted by Crippen LogP contribution is -2.40. The van der Waals surface area contributed by atoms with Crippen LogP contribution in [0.5, 0.6) is 0 Å². The lowest BCUT2D eigenvalue weighted by atomic mass is 9.89. The molecule has 0 aliphatic heterocycles. The fourth-order valence-corrected chi connectivity index (χ4v) is 3.37. The summed E-state index contributed by atoms with van der Waals surface area (Å²) < 4.78 is 0. The van der Waals surface area contributed by atoms with Gasteiger partial charge in [0.2, 0.25) is 0 Å². The van der Waals surface area contributed by atoms with E-state index in [0.717, 1.165) is 12.1 Å². The highest BCUT2D eigenvalue weighted by Crippen LogP contribution is 2.29. The maximum absolute atomic E-state index is 3.42. The predicted molar refractivity (Wildman–Crippen MR) is 92.1 cm³/mol. The van der Waals surface area contributed by atoms with Crippen molar-refractivity contribution < 1.29 is 0 Å². The fraction of sp³-hybridized carbons (Fsp3) is 0.667. The van der Waals surface area contributed by atoms with E-state index in [0.29, 0.717) is 6.04 Å². The molecule has 0 aromatic heterocycles. The normalized spacial score (nSPS) is 24.1. The van der Waals surface area contributed by atoms with E-state index in [1.165, 1.54) is 36.9 Å². The molecule has 1 aliphatic carbocycles. The van der Waals surface area contributed by atoms with Crippen LogP contribution in [0.4, 0.5) is 5.69 Å². The van der Waals surface area contributed by atoms with Crippen molar-refractivity contribution in [3.8, 4) is 0 Å². The van der Waals surface area contributed by atoms with E-state index >= 15 is 0 Å². The van der Waals surface area contributed by atoms with Gasteiger partial charge in [0.15, 0.2) is 0 Å². The topological polar surface area (TPSA) is 18.5 Å². The summed E-state index contributed by atoms with van der Waals surface area (Å²) in [7, 11) is 8.55. The van der Waals surface area contributed by atoms with E-state index in [-0.39, 0.29) is 0 Å². The Bertz CT molecular complexity index is 419. The van der Waals surface area contributed by atoms with E-state index in [2.05, 4.69) is 74.5 Å². The zero-order valence-corrected chi connectivity index (χ0v) is 14.3. The van der Waals surface area contributed by atoms with E-state index in [9.17, 15) is 0 Å².